The van der Waals surface area contributed by atoms with Crippen molar-refractivity contribution < 1.29 is 4.42 Å². The summed E-state index contributed by atoms with van der Waals surface area (Å²) in [5.74, 6) is 1.56. The number of anilines is 1. The van der Waals surface area contributed by atoms with E-state index in [9.17, 15) is 0 Å². The lowest BCUT2D eigenvalue weighted by atomic mass is 10.1. The van der Waals surface area contributed by atoms with Crippen LogP contribution in [0, 0.1) is 28.6 Å². The molecular weight excluding hydrogens is 292 g/mol. The topological polar surface area (TPSA) is 82.8 Å². The molecule has 7 nitrogen and oxygen atoms in total. The molecule has 0 bridgehead atoms. The molecule has 122 valence electrons. The Morgan fingerprint density at radius 3 is 2.70 bits per heavy atom. The van der Waals surface area contributed by atoms with Gasteiger partial charge in [-0.15, -0.1) is 0 Å². The van der Waals surface area contributed by atoms with Crippen LogP contribution in [-0.4, -0.2) is 63.0 Å². The Morgan fingerprint density at radius 1 is 1.30 bits per heavy atom. The minimum atomic E-state index is -0.780. The third kappa shape index (κ3) is 4.24. The number of hydrogen-bond acceptors (Lipinski definition) is 7. The Morgan fingerprint density at radius 2 is 2.04 bits per heavy atom. The molecule has 7 heteroatoms. The molecule has 1 aliphatic heterocycles. The summed E-state index contributed by atoms with van der Waals surface area (Å²) in [4.78, 5) is 10.4. The van der Waals surface area contributed by atoms with Crippen LogP contribution < -0.4 is 4.90 Å². The molecule has 0 aliphatic carbocycles. The van der Waals surface area contributed by atoms with Gasteiger partial charge in [0.05, 0.1) is 25.2 Å². The molecule has 0 aromatic carbocycles. The second kappa shape index (κ2) is 7.66. The largest absolute Gasteiger partial charge is 0.444 e. The molecular formula is C16H22N6O. The second-order valence-corrected chi connectivity index (χ2v) is 5.82. The van der Waals surface area contributed by atoms with Gasteiger partial charge in [-0.2, -0.15) is 10.5 Å². The number of likely N-dealkylation sites (N-methyl/N-ethyl adjacent to an activating group) is 1. The Labute approximate surface area is 137 Å². The van der Waals surface area contributed by atoms with E-state index in [1.54, 1.807) is 0 Å². The number of amidine groups is 1. The molecule has 1 aromatic heterocycles. The Hall–Kier alpha value is -2.51. The molecule has 0 N–H and O–H groups in total. The molecule has 0 radical (unpaired) electrons. The maximum absolute atomic E-state index is 9.02. The molecule has 1 aliphatic rings. The van der Waals surface area contributed by atoms with Crippen molar-refractivity contribution in [3.05, 3.63) is 17.9 Å². The highest BCUT2D eigenvalue weighted by Crippen LogP contribution is 2.18. The molecule has 0 saturated carbocycles. The molecule has 2 rings (SSSR count). The predicted octanol–water partition coefficient (Wildman–Crippen LogP) is 1.15. The fourth-order valence-electron chi connectivity index (χ4n) is 2.49. The van der Waals surface area contributed by atoms with E-state index in [0.717, 1.165) is 31.3 Å². The number of furan rings is 1. The number of rotatable bonds is 7. The highest BCUT2D eigenvalue weighted by Gasteiger charge is 2.25. The van der Waals surface area contributed by atoms with Crippen molar-refractivity contribution in [3.8, 4) is 12.1 Å². The summed E-state index contributed by atoms with van der Waals surface area (Å²) in [5.41, 5.74) is 0. The van der Waals surface area contributed by atoms with E-state index in [0.29, 0.717) is 18.9 Å². The Bertz CT molecular complexity index is 622. The molecule has 0 unspecified atom stereocenters. The quantitative estimate of drug-likeness (QED) is 0.751. The van der Waals surface area contributed by atoms with Crippen molar-refractivity contribution in [1.82, 2.24) is 9.80 Å². The SMILES string of the molecule is CN(C)Cc1ccc(N(C)CCN2CCN=C2C(C#N)C#N)o1. The maximum Gasteiger partial charge on any atom is 0.195 e. The average Bonchev–Trinajstić information content (AvgIpc) is 3.15. The summed E-state index contributed by atoms with van der Waals surface area (Å²) in [5, 5.41) is 18.0. The molecule has 0 spiro atoms. The van der Waals surface area contributed by atoms with Crippen LogP contribution in [0.3, 0.4) is 0 Å². The second-order valence-electron chi connectivity index (χ2n) is 5.82. The normalized spacial score (nSPS) is 14.0. The van der Waals surface area contributed by atoms with Gasteiger partial charge in [-0.3, -0.25) is 4.99 Å². The fourth-order valence-corrected chi connectivity index (χ4v) is 2.49. The monoisotopic (exact) mass is 314 g/mol. The molecule has 0 saturated heterocycles. The summed E-state index contributed by atoms with van der Waals surface area (Å²) in [7, 11) is 5.97. The van der Waals surface area contributed by atoms with Crippen LogP contribution in [0.15, 0.2) is 21.5 Å². The van der Waals surface area contributed by atoms with Gasteiger partial charge in [-0.1, -0.05) is 0 Å². The van der Waals surface area contributed by atoms with E-state index in [1.165, 1.54) is 0 Å². The van der Waals surface area contributed by atoms with E-state index >= 15 is 0 Å². The fraction of sp³-hybridized carbons (Fsp3) is 0.562. The highest BCUT2D eigenvalue weighted by atomic mass is 16.4. The van der Waals surface area contributed by atoms with E-state index in [1.807, 2.05) is 55.2 Å². The summed E-state index contributed by atoms with van der Waals surface area (Å²) in [6, 6.07) is 7.93. The van der Waals surface area contributed by atoms with Crippen LogP contribution in [0.2, 0.25) is 0 Å². The van der Waals surface area contributed by atoms with Crippen LogP contribution in [0.25, 0.3) is 0 Å². The first-order valence-electron chi connectivity index (χ1n) is 7.58. The standard InChI is InChI=1S/C16H22N6O/c1-20(2)12-14-4-5-15(23-14)21(3)8-9-22-7-6-19-16(22)13(10-17)11-18/h4-5,13H,6-9,12H2,1-3H3. The van der Waals surface area contributed by atoms with E-state index in [2.05, 4.69) is 9.89 Å². The number of nitriles is 2. The number of nitrogens with zero attached hydrogens (tertiary/aromatic N) is 6. The van der Waals surface area contributed by atoms with Gasteiger partial charge in [0, 0.05) is 32.7 Å². The first-order valence-corrected chi connectivity index (χ1v) is 7.58. The number of aliphatic imine (C=N–C) groups is 1. The molecule has 0 amide bonds. The van der Waals surface area contributed by atoms with Crippen molar-refractivity contribution >= 4 is 11.7 Å². The van der Waals surface area contributed by atoms with Gasteiger partial charge in [0.2, 0.25) is 0 Å². The van der Waals surface area contributed by atoms with Gasteiger partial charge >= 0.3 is 0 Å². The zero-order valence-corrected chi connectivity index (χ0v) is 13.9. The van der Waals surface area contributed by atoms with E-state index in [4.69, 9.17) is 14.9 Å². The smallest absolute Gasteiger partial charge is 0.195 e. The molecule has 23 heavy (non-hydrogen) atoms. The summed E-state index contributed by atoms with van der Waals surface area (Å²) in [6.07, 6.45) is 0. The third-order valence-corrected chi connectivity index (χ3v) is 3.69. The predicted molar refractivity (Wildman–Crippen MR) is 88.0 cm³/mol. The van der Waals surface area contributed by atoms with Crippen molar-refractivity contribution in [2.45, 2.75) is 6.54 Å². The van der Waals surface area contributed by atoms with Gasteiger partial charge in [0.1, 0.15) is 11.6 Å². The Kier molecular flexibility index (Phi) is 5.61. The first-order chi connectivity index (χ1) is 11.0. The highest BCUT2D eigenvalue weighted by molar-refractivity contribution is 5.90. The molecule has 1 aromatic rings. The third-order valence-electron chi connectivity index (χ3n) is 3.69. The van der Waals surface area contributed by atoms with Gasteiger partial charge in [0.25, 0.3) is 0 Å². The average molecular weight is 314 g/mol. The summed E-state index contributed by atoms with van der Waals surface area (Å²) in [6.45, 7) is 3.61. The van der Waals surface area contributed by atoms with Crippen LogP contribution in [0.4, 0.5) is 5.88 Å². The Balaban J connectivity index is 1.90. The van der Waals surface area contributed by atoms with Crippen LogP contribution in [0.5, 0.6) is 0 Å². The zero-order chi connectivity index (χ0) is 16.8. The van der Waals surface area contributed by atoms with E-state index < -0.39 is 5.92 Å². The van der Waals surface area contributed by atoms with E-state index in [-0.39, 0.29) is 0 Å². The molecule has 0 atom stereocenters. The lowest BCUT2D eigenvalue weighted by Gasteiger charge is -2.24. The first kappa shape index (κ1) is 16.9. The molecule has 2 heterocycles. The van der Waals surface area contributed by atoms with Crippen molar-refractivity contribution in [1.29, 1.82) is 10.5 Å². The minimum absolute atomic E-state index is 0.594. The van der Waals surface area contributed by atoms with Crippen LogP contribution >= 0.6 is 0 Å². The van der Waals surface area contributed by atoms with Gasteiger partial charge in [-0.05, 0) is 20.2 Å². The van der Waals surface area contributed by atoms with Gasteiger partial charge in [-0.25, -0.2) is 0 Å². The lowest BCUT2D eigenvalue weighted by molar-refractivity contribution is 0.350. The molecule has 0 fully saturated rings. The van der Waals surface area contributed by atoms with Gasteiger partial charge < -0.3 is 19.1 Å². The lowest BCUT2D eigenvalue weighted by Crippen LogP contribution is -2.38. The van der Waals surface area contributed by atoms with Crippen LogP contribution in [-0.2, 0) is 6.54 Å². The number of hydrogen-bond donors (Lipinski definition) is 0. The van der Waals surface area contributed by atoms with Crippen molar-refractivity contribution in [2.24, 2.45) is 10.9 Å². The summed E-state index contributed by atoms with van der Waals surface area (Å²) >= 11 is 0. The zero-order valence-electron chi connectivity index (χ0n) is 13.9. The maximum atomic E-state index is 9.02. The summed E-state index contributed by atoms with van der Waals surface area (Å²) < 4.78 is 5.82. The van der Waals surface area contributed by atoms with Gasteiger partial charge in [0.15, 0.2) is 11.8 Å². The minimum Gasteiger partial charge on any atom is -0.444 e. The van der Waals surface area contributed by atoms with Crippen molar-refractivity contribution in [2.75, 3.05) is 52.2 Å². The van der Waals surface area contributed by atoms with Crippen LogP contribution in [0.1, 0.15) is 5.76 Å². The van der Waals surface area contributed by atoms with Crippen molar-refractivity contribution in [3.63, 3.8) is 0 Å².